The molecule has 0 heterocycles. The first kappa shape index (κ1) is 35.7. The van der Waals surface area contributed by atoms with Crippen molar-refractivity contribution in [1.82, 2.24) is 0 Å². The van der Waals surface area contributed by atoms with Gasteiger partial charge < -0.3 is 4.90 Å². The third kappa shape index (κ3) is 5.33. The molecule has 0 saturated heterocycles. The Bertz CT molecular complexity index is 3400. The van der Waals surface area contributed by atoms with Crippen molar-refractivity contribution < 1.29 is 0 Å². The largest absolute Gasteiger partial charge is 0.310 e. The number of benzene rings is 10. The monoisotopic (exact) mass is 779 g/mol. The maximum atomic E-state index is 2.48. The topological polar surface area (TPSA) is 3.24 Å². The second-order valence-electron chi connectivity index (χ2n) is 18.1. The lowest BCUT2D eigenvalue weighted by molar-refractivity contribution is 0.660. The van der Waals surface area contributed by atoms with E-state index in [2.05, 4.69) is 233 Å². The molecule has 0 N–H and O–H groups in total. The van der Waals surface area contributed by atoms with Gasteiger partial charge in [0.25, 0.3) is 0 Å². The Hall–Kier alpha value is -7.22. The standard InChI is InChI=1S/C60H45N/c1-59(2)54-21-13-12-19-48(54)53-36-44(30-33-55(53)59)61(43-27-24-39(25-28-43)38-14-6-5-7-15-38)45-29-32-50-49-31-26-41(35-56(49)60(3,4)57(50)37-45)52-34-42-23-22-40-16-8-9-17-46(40)58(42)51-20-11-10-18-47(51)52/h5-37H,1-4H3. The van der Waals surface area contributed by atoms with Gasteiger partial charge in [-0.1, -0.05) is 179 Å². The molecule has 12 rings (SSSR count). The average molecular weight is 780 g/mol. The summed E-state index contributed by atoms with van der Waals surface area (Å²) in [6, 6.07) is 74.8. The lowest BCUT2D eigenvalue weighted by Gasteiger charge is -2.29. The molecule has 10 aromatic rings. The normalized spacial score (nSPS) is 14.2. The van der Waals surface area contributed by atoms with Crippen molar-refractivity contribution in [2.24, 2.45) is 0 Å². The first-order valence-electron chi connectivity index (χ1n) is 21.6. The van der Waals surface area contributed by atoms with E-state index in [1.165, 1.54) is 99.1 Å². The lowest BCUT2D eigenvalue weighted by Crippen LogP contribution is -2.17. The second-order valence-corrected chi connectivity index (χ2v) is 18.1. The van der Waals surface area contributed by atoms with Gasteiger partial charge in [-0.05, 0) is 148 Å². The molecule has 0 bridgehead atoms. The number of rotatable bonds is 5. The molecule has 0 aromatic heterocycles. The molecular formula is C60H45N. The summed E-state index contributed by atoms with van der Waals surface area (Å²) >= 11 is 0. The Morgan fingerprint density at radius 3 is 1.66 bits per heavy atom. The highest BCUT2D eigenvalue weighted by molar-refractivity contribution is 6.23. The van der Waals surface area contributed by atoms with Crippen LogP contribution in [-0.2, 0) is 10.8 Å². The van der Waals surface area contributed by atoms with Crippen molar-refractivity contribution in [3.05, 3.63) is 222 Å². The predicted molar refractivity (Wildman–Crippen MR) is 260 cm³/mol. The predicted octanol–water partition coefficient (Wildman–Crippen LogP) is 16.6. The first-order valence-corrected chi connectivity index (χ1v) is 21.6. The van der Waals surface area contributed by atoms with Crippen molar-refractivity contribution >= 4 is 49.4 Å². The van der Waals surface area contributed by atoms with Gasteiger partial charge in [0.2, 0.25) is 0 Å². The first-order chi connectivity index (χ1) is 29.8. The van der Waals surface area contributed by atoms with Crippen LogP contribution in [0.25, 0.3) is 76.8 Å². The quantitative estimate of drug-likeness (QED) is 0.157. The van der Waals surface area contributed by atoms with Crippen LogP contribution in [0.5, 0.6) is 0 Å². The summed E-state index contributed by atoms with van der Waals surface area (Å²) in [5.74, 6) is 0. The molecule has 0 saturated carbocycles. The molecule has 1 nitrogen and oxygen atoms in total. The van der Waals surface area contributed by atoms with Gasteiger partial charge in [-0.15, -0.1) is 0 Å². The summed E-state index contributed by atoms with van der Waals surface area (Å²) in [4.78, 5) is 2.46. The van der Waals surface area contributed by atoms with Crippen LogP contribution >= 0.6 is 0 Å². The zero-order valence-electron chi connectivity index (χ0n) is 35.0. The fourth-order valence-electron chi connectivity index (χ4n) is 10.9. The summed E-state index contributed by atoms with van der Waals surface area (Å²) in [7, 11) is 0. The number of fused-ring (bicyclic) bond motifs is 11. The van der Waals surface area contributed by atoms with Crippen LogP contribution < -0.4 is 4.90 Å². The lowest BCUT2D eigenvalue weighted by atomic mass is 9.81. The second kappa shape index (κ2) is 13.1. The molecule has 0 amide bonds. The van der Waals surface area contributed by atoms with Gasteiger partial charge in [-0.3, -0.25) is 0 Å². The van der Waals surface area contributed by atoms with Crippen LogP contribution in [0.15, 0.2) is 200 Å². The Morgan fingerprint density at radius 2 is 0.836 bits per heavy atom. The van der Waals surface area contributed by atoms with E-state index >= 15 is 0 Å². The van der Waals surface area contributed by atoms with E-state index in [1.807, 2.05) is 0 Å². The van der Waals surface area contributed by atoms with Gasteiger partial charge in [-0.2, -0.15) is 0 Å². The van der Waals surface area contributed by atoms with Gasteiger partial charge in [0.05, 0.1) is 0 Å². The number of anilines is 3. The minimum atomic E-state index is -0.219. The van der Waals surface area contributed by atoms with E-state index in [0.29, 0.717) is 0 Å². The minimum absolute atomic E-state index is 0.0532. The van der Waals surface area contributed by atoms with Gasteiger partial charge in [0.15, 0.2) is 0 Å². The zero-order chi connectivity index (χ0) is 41.0. The number of nitrogens with zero attached hydrogens (tertiary/aromatic N) is 1. The highest BCUT2D eigenvalue weighted by atomic mass is 15.1. The molecule has 290 valence electrons. The highest BCUT2D eigenvalue weighted by Gasteiger charge is 2.38. The van der Waals surface area contributed by atoms with E-state index in [-0.39, 0.29) is 10.8 Å². The molecule has 0 aliphatic heterocycles. The maximum Gasteiger partial charge on any atom is 0.0468 e. The highest BCUT2D eigenvalue weighted by Crippen LogP contribution is 2.54. The smallest absolute Gasteiger partial charge is 0.0468 e. The molecule has 10 aromatic carbocycles. The SMILES string of the molecule is CC1(C)c2ccccc2-c2cc(N(c3ccc(-c4ccccc4)cc3)c3ccc4c(c3)C(C)(C)c3cc(-c5cc6ccc7ccccc7c6c6ccccc56)ccc3-4)ccc21. The van der Waals surface area contributed by atoms with Crippen LogP contribution in [0.2, 0.25) is 0 Å². The molecule has 0 radical (unpaired) electrons. The molecular weight excluding hydrogens is 735 g/mol. The van der Waals surface area contributed by atoms with Crippen molar-refractivity contribution in [2.45, 2.75) is 38.5 Å². The Morgan fingerprint density at radius 1 is 0.295 bits per heavy atom. The molecule has 0 spiro atoms. The summed E-state index contributed by atoms with van der Waals surface area (Å²) in [6.07, 6.45) is 0. The Labute approximate surface area is 358 Å². The van der Waals surface area contributed by atoms with Crippen molar-refractivity contribution in [3.8, 4) is 44.5 Å². The molecule has 0 unspecified atom stereocenters. The van der Waals surface area contributed by atoms with Gasteiger partial charge in [0, 0.05) is 27.9 Å². The van der Waals surface area contributed by atoms with Crippen molar-refractivity contribution in [3.63, 3.8) is 0 Å². The minimum Gasteiger partial charge on any atom is -0.310 e. The van der Waals surface area contributed by atoms with Crippen LogP contribution in [0, 0.1) is 0 Å². The fraction of sp³-hybridized carbons (Fsp3) is 0.100. The van der Waals surface area contributed by atoms with Crippen LogP contribution in [0.4, 0.5) is 17.1 Å². The third-order valence-corrected chi connectivity index (χ3v) is 14.0. The van der Waals surface area contributed by atoms with Gasteiger partial charge >= 0.3 is 0 Å². The molecule has 2 aliphatic carbocycles. The molecule has 0 fully saturated rings. The van der Waals surface area contributed by atoms with E-state index in [9.17, 15) is 0 Å². The number of hydrogen-bond donors (Lipinski definition) is 0. The molecule has 1 heteroatoms. The number of hydrogen-bond acceptors (Lipinski definition) is 1. The summed E-state index contributed by atoms with van der Waals surface area (Å²) in [6.45, 7) is 9.52. The van der Waals surface area contributed by atoms with E-state index in [0.717, 1.165) is 17.1 Å². The van der Waals surface area contributed by atoms with Crippen LogP contribution in [0.1, 0.15) is 49.9 Å². The molecule has 61 heavy (non-hydrogen) atoms. The van der Waals surface area contributed by atoms with Crippen LogP contribution in [-0.4, -0.2) is 0 Å². The van der Waals surface area contributed by atoms with Crippen molar-refractivity contribution in [2.75, 3.05) is 4.90 Å². The van der Waals surface area contributed by atoms with E-state index < -0.39 is 0 Å². The molecule has 0 atom stereocenters. The molecule has 2 aliphatic rings. The van der Waals surface area contributed by atoms with E-state index in [1.54, 1.807) is 0 Å². The Balaban J connectivity index is 0.989. The average Bonchev–Trinajstić information content (AvgIpc) is 3.67. The zero-order valence-corrected chi connectivity index (χ0v) is 35.0. The summed E-state index contributed by atoms with van der Waals surface area (Å²) < 4.78 is 0. The van der Waals surface area contributed by atoms with E-state index in [4.69, 9.17) is 0 Å². The third-order valence-electron chi connectivity index (χ3n) is 14.0. The van der Waals surface area contributed by atoms with Gasteiger partial charge in [0.1, 0.15) is 0 Å². The fourth-order valence-corrected chi connectivity index (χ4v) is 10.9. The summed E-state index contributed by atoms with van der Waals surface area (Å²) in [5.41, 5.74) is 18.9. The van der Waals surface area contributed by atoms with Crippen LogP contribution in [0.3, 0.4) is 0 Å². The van der Waals surface area contributed by atoms with Crippen molar-refractivity contribution in [1.29, 1.82) is 0 Å². The summed E-state index contributed by atoms with van der Waals surface area (Å²) in [5, 5.41) is 7.77. The maximum absolute atomic E-state index is 2.48. The van der Waals surface area contributed by atoms with Gasteiger partial charge in [-0.25, -0.2) is 0 Å². The Kier molecular flexibility index (Phi) is 7.69.